The Kier molecular flexibility index (Phi) is 3.07. The predicted octanol–water partition coefficient (Wildman–Crippen LogP) is 4.38. The van der Waals surface area contributed by atoms with Gasteiger partial charge in [0.15, 0.2) is 0 Å². The van der Waals surface area contributed by atoms with Crippen LogP contribution in [0, 0.1) is 0 Å². The minimum Gasteiger partial charge on any atom is -0.313 e. The van der Waals surface area contributed by atoms with Gasteiger partial charge in [0.2, 0.25) is 0 Å². The van der Waals surface area contributed by atoms with E-state index in [9.17, 15) is 0 Å². The van der Waals surface area contributed by atoms with Crippen molar-refractivity contribution in [1.82, 2.24) is 5.32 Å². The van der Waals surface area contributed by atoms with E-state index in [1.165, 1.54) is 38.9 Å². The Morgan fingerprint density at radius 3 is 2.94 bits per heavy atom. The van der Waals surface area contributed by atoms with E-state index >= 15 is 0 Å². The van der Waals surface area contributed by atoms with Crippen molar-refractivity contribution in [2.24, 2.45) is 0 Å². The fourth-order valence-electron chi connectivity index (χ4n) is 2.56. The first kappa shape index (κ1) is 11.5. The average molecular weight is 308 g/mol. The number of aryl methyl sites for hydroxylation is 1. The molecule has 88 valence electrons. The van der Waals surface area contributed by atoms with Crippen LogP contribution in [0.25, 0.3) is 10.4 Å². The number of rotatable bonds is 2. The van der Waals surface area contributed by atoms with Crippen LogP contribution in [-0.4, -0.2) is 7.05 Å². The van der Waals surface area contributed by atoms with E-state index in [2.05, 4.69) is 50.9 Å². The van der Waals surface area contributed by atoms with Crippen molar-refractivity contribution < 1.29 is 0 Å². The highest BCUT2D eigenvalue weighted by Gasteiger charge is 2.21. The van der Waals surface area contributed by atoms with Gasteiger partial charge >= 0.3 is 0 Å². The van der Waals surface area contributed by atoms with Gasteiger partial charge in [-0.2, -0.15) is 0 Å². The molecule has 3 rings (SSSR count). The highest BCUT2D eigenvalue weighted by Crippen LogP contribution is 2.38. The second-order valence-corrected chi connectivity index (χ2v) is 6.16. The van der Waals surface area contributed by atoms with Crippen molar-refractivity contribution in [2.45, 2.75) is 18.9 Å². The summed E-state index contributed by atoms with van der Waals surface area (Å²) in [7, 11) is 2.05. The average Bonchev–Trinajstić information content (AvgIpc) is 2.93. The van der Waals surface area contributed by atoms with Gasteiger partial charge in [-0.25, -0.2) is 0 Å². The molecule has 1 unspecified atom stereocenters. The standard InChI is InChI=1S/C14H14BrNS/c1-16-13-5-3-9-8-10(2-4-11(9)13)14-12(15)6-7-17-14/h2,4,6-8,13,16H,3,5H2,1H3. The lowest BCUT2D eigenvalue weighted by Crippen LogP contribution is -2.12. The lowest BCUT2D eigenvalue weighted by atomic mass is 10.0. The fraction of sp³-hybridized carbons (Fsp3) is 0.286. The van der Waals surface area contributed by atoms with Crippen LogP contribution in [0.3, 0.4) is 0 Å². The summed E-state index contributed by atoms with van der Waals surface area (Å²) in [6.07, 6.45) is 2.42. The van der Waals surface area contributed by atoms with Crippen LogP contribution >= 0.6 is 27.3 Å². The van der Waals surface area contributed by atoms with Crippen molar-refractivity contribution in [3.8, 4) is 10.4 Å². The molecule has 17 heavy (non-hydrogen) atoms. The van der Waals surface area contributed by atoms with Gasteiger partial charge < -0.3 is 5.32 Å². The molecule has 2 aromatic rings. The topological polar surface area (TPSA) is 12.0 Å². The largest absolute Gasteiger partial charge is 0.313 e. The predicted molar refractivity (Wildman–Crippen MR) is 77.6 cm³/mol. The summed E-state index contributed by atoms with van der Waals surface area (Å²) in [5.41, 5.74) is 4.31. The van der Waals surface area contributed by atoms with Crippen LogP contribution in [0.1, 0.15) is 23.6 Å². The molecule has 0 saturated carbocycles. The Labute approximate surface area is 114 Å². The Morgan fingerprint density at radius 1 is 1.35 bits per heavy atom. The van der Waals surface area contributed by atoms with Crippen LogP contribution < -0.4 is 5.32 Å². The molecule has 1 nitrogen and oxygen atoms in total. The molecule has 0 saturated heterocycles. The van der Waals surface area contributed by atoms with E-state index in [0.29, 0.717) is 6.04 Å². The van der Waals surface area contributed by atoms with Crippen molar-refractivity contribution >= 4 is 27.3 Å². The molecule has 1 aliphatic rings. The maximum atomic E-state index is 3.61. The maximum absolute atomic E-state index is 3.61. The number of hydrogen-bond acceptors (Lipinski definition) is 2. The Bertz CT molecular complexity index is 547. The second kappa shape index (κ2) is 4.56. The van der Waals surface area contributed by atoms with Crippen molar-refractivity contribution in [3.05, 3.63) is 45.2 Å². The van der Waals surface area contributed by atoms with Crippen molar-refractivity contribution in [1.29, 1.82) is 0 Å². The zero-order valence-corrected chi connectivity index (χ0v) is 12.1. The van der Waals surface area contributed by atoms with Gasteiger partial charge in [0.1, 0.15) is 0 Å². The first-order chi connectivity index (χ1) is 8.29. The summed E-state index contributed by atoms with van der Waals surface area (Å²) in [5.74, 6) is 0. The van der Waals surface area contributed by atoms with Gasteiger partial charge in [-0.15, -0.1) is 11.3 Å². The summed E-state index contributed by atoms with van der Waals surface area (Å²) < 4.78 is 1.20. The van der Waals surface area contributed by atoms with E-state index in [1.807, 2.05) is 7.05 Å². The number of fused-ring (bicyclic) bond motifs is 1. The minimum atomic E-state index is 0.547. The van der Waals surface area contributed by atoms with Gasteiger partial charge in [0, 0.05) is 15.4 Å². The summed E-state index contributed by atoms with van der Waals surface area (Å²) in [4.78, 5) is 1.33. The third-order valence-corrected chi connectivity index (χ3v) is 5.34. The summed E-state index contributed by atoms with van der Waals surface area (Å²) in [5, 5.41) is 5.51. The molecule has 1 aromatic heterocycles. The molecule has 1 aromatic carbocycles. The quantitative estimate of drug-likeness (QED) is 0.868. The first-order valence-electron chi connectivity index (χ1n) is 5.83. The molecular formula is C14H14BrNS. The van der Waals surface area contributed by atoms with Gasteiger partial charge in [-0.1, -0.05) is 12.1 Å². The van der Waals surface area contributed by atoms with E-state index < -0.39 is 0 Å². The van der Waals surface area contributed by atoms with Crippen molar-refractivity contribution in [2.75, 3.05) is 7.05 Å². The summed E-state index contributed by atoms with van der Waals surface area (Å²) >= 11 is 5.40. The third-order valence-electron chi connectivity index (χ3n) is 3.45. The molecule has 3 heteroatoms. The summed E-state index contributed by atoms with van der Waals surface area (Å²) in [6, 6.07) is 9.54. The number of hydrogen-bond donors (Lipinski definition) is 1. The SMILES string of the molecule is CNC1CCc2cc(-c3sccc3Br)ccc21. The van der Waals surface area contributed by atoms with E-state index in [0.717, 1.165) is 0 Å². The molecule has 1 N–H and O–H groups in total. The number of nitrogens with one attached hydrogen (secondary N) is 1. The molecule has 1 aliphatic carbocycles. The van der Waals surface area contributed by atoms with Gasteiger partial charge in [-0.3, -0.25) is 0 Å². The normalized spacial score (nSPS) is 18.4. The van der Waals surface area contributed by atoms with E-state index in [1.54, 1.807) is 11.3 Å². The maximum Gasteiger partial charge on any atom is 0.0484 e. The van der Waals surface area contributed by atoms with Crippen molar-refractivity contribution in [3.63, 3.8) is 0 Å². The van der Waals surface area contributed by atoms with Crippen LogP contribution in [0.5, 0.6) is 0 Å². The number of thiophene rings is 1. The molecule has 0 radical (unpaired) electrons. The molecule has 1 heterocycles. The Hall–Kier alpha value is -0.640. The molecule has 0 aliphatic heterocycles. The summed E-state index contributed by atoms with van der Waals surface area (Å²) in [6.45, 7) is 0. The highest BCUT2D eigenvalue weighted by atomic mass is 79.9. The van der Waals surface area contributed by atoms with Gasteiger partial charge in [-0.05, 0) is 70.0 Å². The lowest BCUT2D eigenvalue weighted by molar-refractivity contribution is 0.590. The lowest BCUT2D eigenvalue weighted by Gasteiger charge is -2.10. The van der Waals surface area contributed by atoms with Crippen LogP contribution in [0.4, 0.5) is 0 Å². The smallest absolute Gasteiger partial charge is 0.0484 e. The highest BCUT2D eigenvalue weighted by molar-refractivity contribution is 9.10. The van der Waals surface area contributed by atoms with Gasteiger partial charge in [0.25, 0.3) is 0 Å². The first-order valence-corrected chi connectivity index (χ1v) is 7.50. The van der Waals surface area contributed by atoms with Crippen LogP contribution in [0.15, 0.2) is 34.1 Å². The second-order valence-electron chi connectivity index (χ2n) is 4.39. The third kappa shape index (κ3) is 1.96. The number of halogens is 1. The minimum absolute atomic E-state index is 0.547. The molecule has 0 fully saturated rings. The molecule has 0 spiro atoms. The Balaban J connectivity index is 2.03. The molecular weight excluding hydrogens is 294 g/mol. The Morgan fingerprint density at radius 2 is 2.24 bits per heavy atom. The monoisotopic (exact) mass is 307 g/mol. The fourth-order valence-corrected chi connectivity index (χ4v) is 4.16. The van der Waals surface area contributed by atoms with Crippen LogP contribution in [-0.2, 0) is 6.42 Å². The van der Waals surface area contributed by atoms with Crippen LogP contribution in [0.2, 0.25) is 0 Å². The molecule has 0 amide bonds. The van der Waals surface area contributed by atoms with Gasteiger partial charge in [0.05, 0.1) is 0 Å². The molecule has 0 bridgehead atoms. The van der Waals surface area contributed by atoms with E-state index in [-0.39, 0.29) is 0 Å². The zero-order chi connectivity index (χ0) is 11.8. The van der Waals surface area contributed by atoms with E-state index in [4.69, 9.17) is 0 Å². The zero-order valence-electron chi connectivity index (χ0n) is 9.66. The molecule has 1 atom stereocenters. The number of benzene rings is 1.